The van der Waals surface area contributed by atoms with E-state index in [0.717, 1.165) is 5.56 Å². The maximum Gasteiger partial charge on any atom is 0.335 e. The normalized spacial score (nSPS) is 10.8. The molecule has 0 unspecified atom stereocenters. The van der Waals surface area contributed by atoms with Crippen molar-refractivity contribution in [1.29, 1.82) is 5.26 Å². The highest BCUT2D eigenvalue weighted by Gasteiger charge is 2.08. The summed E-state index contributed by atoms with van der Waals surface area (Å²) >= 11 is 0. The van der Waals surface area contributed by atoms with E-state index in [1.165, 1.54) is 12.1 Å². The third-order valence-electron chi connectivity index (χ3n) is 2.16. The van der Waals surface area contributed by atoms with Gasteiger partial charge in [0.15, 0.2) is 5.75 Å². The first kappa shape index (κ1) is 14.2. The summed E-state index contributed by atoms with van der Waals surface area (Å²) in [7, 11) is -3.56. The van der Waals surface area contributed by atoms with E-state index in [4.69, 9.17) is 10.4 Å². The standard InChI is InChI=1S/C11H12N2O4S/c12-5-7-18(16,17)13-6-4-9-2-1-3-10(8-9)11(14)15/h1-3,8,13H,4,6-7H2,(H,14,15). The fraction of sp³-hybridized carbons (Fsp3) is 0.273. The molecule has 2 N–H and O–H groups in total. The van der Waals surface area contributed by atoms with Crippen molar-refractivity contribution in [2.75, 3.05) is 12.3 Å². The number of hydrogen-bond donors (Lipinski definition) is 2. The predicted octanol–water partition coefficient (Wildman–Crippen LogP) is 0.370. The average Bonchev–Trinajstić information content (AvgIpc) is 2.29. The molecule has 7 heteroatoms. The molecule has 0 saturated heterocycles. The van der Waals surface area contributed by atoms with Crippen LogP contribution in [-0.2, 0) is 16.4 Å². The Morgan fingerprint density at radius 1 is 1.44 bits per heavy atom. The van der Waals surface area contributed by atoms with E-state index >= 15 is 0 Å². The molecular weight excluding hydrogens is 256 g/mol. The molecule has 18 heavy (non-hydrogen) atoms. The van der Waals surface area contributed by atoms with Crippen LogP contribution in [0.4, 0.5) is 0 Å². The van der Waals surface area contributed by atoms with Gasteiger partial charge in [-0.2, -0.15) is 5.26 Å². The van der Waals surface area contributed by atoms with Crippen LogP contribution in [0.15, 0.2) is 24.3 Å². The zero-order valence-electron chi connectivity index (χ0n) is 9.46. The second-order valence-electron chi connectivity index (χ2n) is 3.57. The van der Waals surface area contributed by atoms with Crippen LogP contribution in [-0.4, -0.2) is 31.8 Å². The number of carboxylic acid groups (broad SMARTS) is 1. The van der Waals surface area contributed by atoms with E-state index in [0.29, 0.717) is 6.42 Å². The van der Waals surface area contributed by atoms with Crippen LogP contribution in [0.3, 0.4) is 0 Å². The van der Waals surface area contributed by atoms with E-state index in [2.05, 4.69) is 4.72 Å². The molecule has 0 aliphatic heterocycles. The smallest absolute Gasteiger partial charge is 0.335 e. The first-order valence-electron chi connectivity index (χ1n) is 5.11. The first-order valence-corrected chi connectivity index (χ1v) is 6.76. The van der Waals surface area contributed by atoms with Gasteiger partial charge in [0, 0.05) is 6.54 Å². The van der Waals surface area contributed by atoms with E-state index in [1.54, 1.807) is 18.2 Å². The Morgan fingerprint density at radius 3 is 2.78 bits per heavy atom. The Bertz CT molecular complexity index is 575. The van der Waals surface area contributed by atoms with Crippen molar-refractivity contribution >= 4 is 16.0 Å². The Labute approximate surface area is 105 Å². The van der Waals surface area contributed by atoms with Crippen molar-refractivity contribution in [1.82, 2.24) is 4.72 Å². The minimum Gasteiger partial charge on any atom is -0.478 e. The van der Waals surface area contributed by atoms with Gasteiger partial charge in [-0.3, -0.25) is 0 Å². The van der Waals surface area contributed by atoms with Gasteiger partial charge < -0.3 is 5.11 Å². The van der Waals surface area contributed by atoms with Gasteiger partial charge in [-0.15, -0.1) is 0 Å². The molecule has 1 rings (SSSR count). The SMILES string of the molecule is N#CCS(=O)(=O)NCCc1cccc(C(=O)O)c1. The average molecular weight is 268 g/mol. The fourth-order valence-corrected chi connectivity index (χ4v) is 2.03. The number of aromatic carboxylic acids is 1. The van der Waals surface area contributed by atoms with Gasteiger partial charge in [-0.1, -0.05) is 12.1 Å². The summed E-state index contributed by atoms with van der Waals surface area (Å²) in [6, 6.07) is 7.82. The summed E-state index contributed by atoms with van der Waals surface area (Å²) < 4.78 is 24.6. The molecule has 96 valence electrons. The summed E-state index contributed by atoms with van der Waals surface area (Å²) in [6.07, 6.45) is 0.367. The lowest BCUT2D eigenvalue weighted by atomic mass is 10.1. The molecule has 0 atom stereocenters. The fourth-order valence-electron chi connectivity index (χ4n) is 1.35. The van der Waals surface area contributed by atoms with Crippen LogP contribution in [0, 0.1) is 11.3 Å². The van der Waals surface area contributed by atoms with E-state index in [1.807, 2.05) is 0 Å². The minimum absolute atomic E-state index is 0.132. The maximum absolute atomic E-state index is 11.2. The lowest BCUT2D eigenvalue weighted by Crippen LogP contribution is -2.27. The Balaban J connectivity index is 2.57. The van der Waals surface area contributed by atoms with E-state index in [9.17, 15) is 13.2 Å². The number of nitriles is 1. The zero-order chi connectivity index (χ0) is 13.6. The van der Waals surface area contributed by atoms with Gasteiger partial charge in [0.25, 0.3) is 0 Å². The van der Waals surface area contributed by atoms with Crippen molar-refractivity contribution in [3.63, 3.8) is 0 Å². The molecule has 1 aromatic carbocycles. The molecule has 0 saturated carbocycles. The molecule has 0 aliphatic rings. The summed E-state index contributed by atoms with van der Waals surface area (Å²) in [6.45, 7) is 0.132. The summed E-state index contributed by atoms with van der Waals surface area (Å²) in [5.74, 6) is -1.61. The number of rotatable bonds is 6. The van der Waals surface area contributed by atoms with E-state index < -0.39 is 21.7 Å². The zero-order valence-corrected chi connectivity index (χ0v) is 10.3. The van der Waals surface area contributed by atoms with Crippen molar-refractivity contribution < 1.29 is 18.3 Å². The van der Waals surface area contributed by atoms with Crippen LogP contribution >= 0.6 is 0 Å². The predicted molar refractivity (Wildman–Crippen MR) is 64.5 cm³/mol. The van der Waals surface area contributed by atoms with Gasteiger partial charge in [-0.25, -0.2) is 17.9 Å². The molecule has 0 radical (unpaired) electrons. The Hall–Kier alpha value is -1.91. The summed E-state index contributed by atoms with van der Waals surface area (Å²) in [5.41, 5.74) is 0.877. The second kappa shape index (κ2) is 6.14. The number of nitrogens with one attached hydrogen (secondary N) is 1. The lowest BCUT2D eigenvalue weighted by molar-refractivity contribution is 0.0696. The molecule has 1 aromatic rings. The van der Waals surface area contributed by atoms with Crippen molar-refractivity contribution in [3.8, 4) is 6.07 Å². The van der Waals surface area contributed by atoms with Crippen LogP contribution < -0.4 is 4.72 Å². The Morgan fingerprint density at radius 2 is 2.17 bits per heavy atom. The van der Waals surface area contributed by atoms with Crippen molar-refractivity contribution in [2.24, 2.45) is 0 Å². The third kappa shape index (κ3) is 4.53. The minimum atomic E-state index is -3.56. The van der Waals surface area contributed by atoms with Crippen LogP contribution in [0.25, 0.3) is 0 Å². The quantitative estimate of drug-likeness (QED) is 0.775. The van der Waals surface area contributed by atoms with Gasteiger partial charge >= 0.3 is 5.97 Å². The van der Waals surface area contributed by atoms with Gasteiger partial charge in [0.1, 0.15) is 0 Å². The topological polar surface area (TPSA) is 107 Å². The molecule has 6 nitrogen and oxygen atoms in total. The van der Waals surface area contributed by atoms with Crippen LogP contribution in [0.5, 0.6) is 0 Å². The third-order valence-corrected chi connectivity index (χ3v) is 3.32. The highest BCUT2D eigenvalue weighted by molar-refractivity contribution is 7.89. The highest BCUT2D eigenvalue weighted by Crippen LogP contribution is 2.05. The monoisotopic (exact) mass is 268 g/mol. The molecule has 0 heterocycles. The number of hydrogen-bond acceptors (Lipinski definition) is 4. The van der Waals surface area contributed by atoms with E-state index in [-0.39, 0.29) is 12.1 Å². The first-order chi connectivity index (χ1) is 8.44. The number of nitrogens with zero attached hydrogens (tertiary/aromatic N) is 1. The molecule has 0 fully saturated rings. The summed E-state index contributed by atoms with van der Waals surface area (Å²) in [4.78, 5) is 10.7. The van der Waals surface area contributed by atoms with Gasteiger partial charge in [-0.05, 0) is 24.1 Å². The molecular formula is C11H12N2O4S. The van der Waals surface area contributed by atoms with Gasteiger partial charge in [0.05, 0.1) is 11.6 Å². The molecule has 0 aliphatic carbocycles. The van der Waals surface area contributed by atoms with Gasteiger partial charge in [0.2, 0.25) is 10.0 Å². The van der Waals surface area contributed by atoms with Crippen molar-refractivity contribution in [3.05, 3.63) is 35.4 Å². The summed E-state index contributed by atoms with van der Waals surface area (Å²) in [5, 5.41) is 17.1. The molecule has 0 aromatic heterocycles. The van der Waals surface area contributed by atoms with Crippen LogP contribution in [0.2, 0.25) is 0 Å². The highest BCUT2D eigenvalue weighted by atomic mass is 32.2. The molecule has 0 spiro atoms. The molecule has 0 amide bonds. The second-order valence-corrected chi connectivity index (χ2v) is 5.37. The number of sulfonamides is 1. The van der Waals surface area contributed by atoms with Crippen LogP contribution in [0.1, 0.15) is 15.9 Å². The Kier molecular flexibility index (Phi) is 4.83. The lowest BCUT2D eigenvalue weighted by Gasteiger charge is -2.04. The number of benzene rings is 1. The maximum atomic E-state index is 11.2. The van der Waals surface area contributed by atoms with Crippen molar-refractivity contribution in [2.45, 2.75) is 6.42 Å². The molecule has 0 bridgehead atoms. The number of carbonyl (C=O) groups is 1. The number of carboxylic acids is 1. The largest absolute Gasteiger partial charge is 0.478 e.